The highest BCUT2D eigenvalue weighted by molar-refractivity contribution is 6.15. The minimum atomic E-state index is -1.02. The molecule has 0 saturated carbocycles. The molecule has 0 unspecified atom stereocenters. The van der Waals surface area contributed by atoms with Crippen molar-refractivity contribution in [1.82, 2.24) is 10.2 Å². The molecule has 2 heterocycles. The third kappa shape index (κ3) is 4.58. The highest BCUT2D eigenvalue weighted by atomic mass is 16.4. The molecule has 1 aliphatic heterocycles. The van der Waals surface area contributed by atoms with Gasteiger partial charge in [-0.1, -0.05) is 24.3 Å². The van der Waals surface area contributed by atoms with E-state index in [1.807, 2.05) is 19.1 Å². The number of carboxylic acid groups (broad SMARTS) is 1. The van der Waals surface area contributed by atoms with Gasteiger partial charge in [-0.2, -0.15) is 0 Å². The van der Waals surface area contributed by atoms with Crippen LogP contribution in [-0.2, 0) is 9.59 Å². The average Bonchev–Trinajstić information content (AvgIpc) is 3.35. The summed E-state index contributed by atoms with van der Waals surface area (Å²) < 4.78 is 5.78. The Kier molecular flexibility index (Phi) is 6.01. The topological polar surface area (TPSA) is 129 Å². The molecule has 172 valence electrons. The lowest BCUT2D eigenvalue weighted by molar-refractivity contribution is -0.127. The number of nitrogens with one attached hydrogen (secondary N) is 2. The van der Waals surface area contributed by atoms with Crippen molar-refractivity contribution in [3.8, 4) is 11.3 Å². The molecule has 1 aliphatic rings. The second kappa shape index (κ2) is 9.07. The number of amides is 4. The predicted octanol–water partition coefficient (Wildman–Crippen LogP) is 3.79. The van der Waals surface area contributed by atoms with Crippen LogP contribution in [0.15, 0.2) is 64.7 Å². The SMILES string of the molecule is Cc1ccccc1NC(=O)CN1C(=O)N/C(=C\c2ccc(-c3ccc(C(=O)O)cc3C)o2)C1=O. The molecule has 9 nitrogen and oxygen atoms in total. The van der Waals surface area contributed by atoms with Gasteiger partial charge in [-0.05, 0) is 55.3 Å². The lowest BCUT2D eigenvalue weighted by Gasteiger charge is -2.13. The summed E-state index contributed by atoms with van der Waals surface area (Å²) >= 11 is 0. The number of urea groups is 1. The van der Waals surface area contributed by atoms with Crippen molar-refractivity contribution in [3.63, 3.8) is 0 Å². The Morgan fingerprint density at radius 3 is 2.53 bits per heavy atom. The first-order valence-corrected chi connectivity index (χ1v) is 10.4. The van der Waals surface area contributed by atoms with Crippen LogP contribution in [-0.4, -0.2) is 40.4 Å². The monoisotopic (exact) mass is 459 g/mol. The van der Waals surface area contributed by atoms with E-state index in [1.54, 1.807) is 43.3 Å². The van der Waals surface area contributed by atoms with Gasteiger partial charge in [0.1, 0.15) is 23.8 Å². The summed E-state index contributed by atoms with van der Waals surface area (Å²) in [6.07, 6.45) is 1.38. The van der Waals surface area contributed by atoms with Gasteiger partial charge in [-0.15, -0.1) is 0 Å². The fraction of sp³-hybridized carbons (Fsp3) is 0.120. The van der Waals surface area contributed by atoms with E-state index >= 15 is 0 Å². The molecular weight excluding hydrogens is 438 g/mol. The van der Waals surface area contributed by atoms with Gasteiger partial charge in [0.25, 0.3) is 5.91 Å². The van der Waals surface area contributed by atoms with E-state index in [0.717, 1.165) is 10.5 Å². The third-order valence-electron chi connectivity index (χ3n) is 5.34. The summed E-state index contributed by atoms with van der Waals surface area (Å²) in [5.74, 6) is -1.38. The van der Waals surface area contributed by atoms with E-state index in [-0.39, 0.29) is 11.3 Å². The van der Waals surface area contributed by atoms with Gasteiger partial charge >= 0.3 is 12.0 Å². The van der Waals surface area contributed by atoms with Crippen molar-refractivity contribution in [2.45, 2.75) is 13.8 Å². The Labute approximate surface area is 194 Å². The Bertz CT molecular complexity index is 1350. The molecule has 34 heavy (non-hydrogen) atoms. The fourth-order valence-electron chi connectivity index (χ4n) is 3.55. The number of carbonyl (C=O) groups is 4. The van der Waals surface area contributed by atoms with Gasteiger partial charge in [-0.25, -0.2) is 14.5 Å². The van der Waals surface area contributed by atoms with E-state index in [0.29, 0.717) is 28.3 Å². The third-order valence-corrected chi connectivity index (χ3v) is 5.34. The lowest BCUT2D eigenvalue weighted by Crippen LogP contribution is -2.38. The molecule has 0 bridgehead atoms. The normalized spacial score (nSPS) is 14.4. The van der Waals surface area contributed by atoms with Crippen LogP contribution in [0.5, 0.6) is 0 Å². The van der Waals surface area contributed by atoms with E-state index in [2.05, 4.69) is 10.6 Å². The largest absolute Gasteiger partial charge is 0.478 e. The zero-order valence-corrected chi connectivity index (χ0v) is 18.4. The minimum absolute atomic E-state index is 0.0208. The van der Waals surface area contributed by atoms with E-state index < -0.39 is 30.4 Å². The highest BCUT2D eigenvalue weighted by Gasteiger charge is 2.35. The highest BCUT2D eigenvalue weighted by Crippen LogP contribution is 2.27. The quantitative estimate of drug-likeness (QED) is 0.380. The van der Waals surface area contributed by atoms with Crippen molar-refractivity contribution in [1.29, 1.82) is 0 Å². The summed E-state index contributed by atoms with van der Waals surface area (Å²) in [6, 6.07) is 14.4. The Hall–Kier alpha value is -4.66. The minimum Gasteiger partial charge on any atom is -0.478 e. The average molecular weight is 459 g/mol. The Morgan fingerprint density at radius 1 is 1.06 bits per heavy atom. The number of furan rings is 1. The summed E-state index contributed by atoms with van der Waals surface area (Å²) in [7, 11) is 0. The first kappa shape index (κ1) is 22.5. The van der Waals surface area contributed by atoms with Crippen LogP contribution in [0.3, 0.4) is 0 Å². The number of hydrogen-bond donors (Lipinski definition) is 3. The van der Waals surface area contributed by atoms with Crippen LogP contribution in [0.2, 0.25) is 0 Å². The summed E-state index contributed by atoms with van der Waals surface area (Å²) in [5, 5.41) is 14.3. The van der Waals surface area contributed by atoms with Crippen LogP contribution >= 0.6 is 0 Å². The molecule has 1 fully saturated rings. The van der Waals surface area contributed by atoms with Gasteiger partial charge in [-0.3, -0.25) is 9.59 Å². The molecule has 1 aromatic heterocycles. The molecular formula is C25H21N3O6. The Morgan fingerprint density at radius 2 is 1.82 bits per heavy atom. The molecule has 0 radical (unpaired) electrons. The van der Waals surface area contributed by atoms with Crippen LogP contribution in [0.1, 0.15) is 27.2 Å². The zero-order valence-electron chi connectivity index (χ0n) is 18.4. The van der Waals surface area contributed by atoms with Crippen molar-refractivity contribution in [2.24, 2.45) is 0 Å². The number of aryl methyl sites for hydroxylation is 2. The van der Waals surface area contributed by atoms with Crippen LogP contribution in [0.25, 0.3) is 17.4 Å². The van der Waals surface area contributed by atoms with E-state index in [1.165, 1.54) is 12.1 Å². The number of nitrogens with zero attached hydrogens (tertiary/aromatic N) is 1. The smallest absolute Gasteiger partial charge is 0.335 e. The number of rotatable bonds is 6. The van der Waals surface area contributed by atoms with Crippen molar-refractivity contribution >= 4 is 35.6 Å². The number of para-hydroxylation sites is 1. The molecule has 9 heteroatoms. The number of benzene rings is 2. The molecule has 0 spiro atoms. The molecule has 1 saturated heterocycles. The molecule has 0 aliphatic carbocycles. The predicted molar refractivity (Wildman–Crippen MR) is 124 cm³/mol. The molecule has 0 atom stereocenters. The first-order valence-electron chi connectivity index (χ1n) is 10.4. The van der Waals surface area contributed by atoms with Gasteiger partial charge < -0.3 is 20.2 Å². The van der Waals surface area contributed by atoms with Gasteiger partial charge in [0.15, 0.2) is 0 Å². The Balaban J connectivity index is 1.47. The fourth-order valence-corrected chi connectivity index (χ4v) is 3.55. The van der Waals surface area contributed by atoms with Gasteiger partial charge in [0.2, 0.25) is 5.91 Å². The number of carbonyl (C=O) groups excluding carboxylic acids is 3. The molecule has 4 rings (SSSR count). The summed E-state index contributed by atoms with van der Waals surface area (Å²) in [4.78, 5) is 49.3. The molecule has 4 amide bonds. The van der Waals surface area contributed by atoms with Crippen LogP contribution < -0.4 is 10.6 Å². The lowest BCUT2D eigenvalue weighted by atomic mass is 10.0. The zero-order chi connectivity index (χ0) is 24.4. The van der Waals surface area contributed by atoms with Crippen molar-refractivity contribution < 1.29 is 28.7 Å². The molecule has 2 aromatic carbocycles. The second-order valence-corrected chi connectivity index (χ2v) is 7.78. The van der Waals surface area contributed by atoms with Crippen molar-refractivity contribution in [3.05, 3.63) is 82.7 Å². The molecule has 3 aromatic rings. The maximum Gasteiger partial charge on any atom is 0.335 e. The van der Waals surface area contributed by atoms with Gasteiger partial charge in [0.05, 0.1) is 5.56 Å². The van der Waals surface area contributed by atoms with E-state index in [9.17, 15) is 19.2 Å². The first-order chi connectivity index (χ1) is 16.2. The van der Waals surface area contributed by atoms with Crippen molar-refractivity contribution in [2.75, 3.05) is 11.9 Å². The van der Waals surface area contributed by atoms with E-state index in [4.69, 9.17) is 9.52 Å². The van der Waals surface area contributed by atoms with Crippen LogP contribution in [0, 0.1) is 13.8 Å². The number of aromatic carboxylic acids is 1. The number of anilines is 1. The standard InChI is InChI=1S/C25H21N3O6/c1-14-5-3-4-6-19(14)26-22(29)13-28-23(30)20(27-25(28)33)12-17-8-10-21(34-17)18-9-7-16(24(31)32)11-15(18)2/h3-12H,13H2,1-2H3,(H,26,29)(H,27,33)(H,31,32)/b20-12-. The number of hydrogen-bond acceptors (Lipinski definition) is 5. The van der Waals surface area contributed by atoms with Gasteiger partial charge in [0, 0.05) is 17.3 Å². The maximum atomic E-state index is 12.7. The van der Waals surface area contributed by atoms with Crippen LogP contribution in [0.4, 0.5) is 10.5 Å². The second-order valence-electron chi connectivity index (χ2n) is 7.78. The summed E-state index contributed by atoms with van der Waals surface area (Å²) in [5.41, 5.74) is 3.02. The summed E-state index contributed by atoms with van der Waals surface area (Å²) in [6.45, 7) is 3.17. The molecule has 3 N–H and O–H groups in total. The number of carboxylic acids is 1. The number of imide groups is 1. The maximum absolute atomic E-state index is 12.7.